The lowest BCUT2D eigenvalue weighted by Crippen LogP contribution is -2.44. The average Bonchev–Trinajstić information content (AvgIpc) is 2.73. The summed E-state index contributed by atoms with van der Waals surface area (Å²) in [5.41, 5.74) is 0. The molecular weight excluding hydrogens is 236 g/mol. The van der Waals surface area contributed by atoms with Gasteiger partial charge in [0.2, 0.25) is 0 Å². The van der Waals surface area contributed by atoms with Gasteiger partial charge in [-0.25, -0.2) is 4.79 Å². The Kier molecular flexibility index (Phi) is 5.91. The smallest absolute Gasteiger partial charge is 0.315 e. The molecule has 6 nitrogen and oxygen atoms in total. The van der Waals surface area contributed by atoms with E-state index in [2.05, 4.69) is 10.6 Å². The Morgan fingerprint density at radius 3 is 2.72 bits per heavy atom. The van der Waals surface area contributed by atoms with Gasteiger partial charge in [-0.15, -0.1) is 0 Å². The Labute approximate surface area is 107 Å². The lowest BCUT2D eigenvalue weighted by Gasteiger charge is -2.17. The summed E-state index contributed by atoms with van der Waals surface area (Å²) < 4.78 is 5.23. The molecule has 1 saturated carbocycles. The summed E-state index contributed by atoms with van der Waals surface area (Å²) in [6, 6.07) is -0.211. The van der Waals surface area contributed by atoms with Crippen molar-refractivity contribution in [3.8, 4) is 0 Å². The molecule has 18 heavy (non-hydrogen) atoms. The van der Waals surface area contributed by atoms with Crippen molar-refractivity contribution in [2.45, 2.75) is 57.2 Å². The molecule has 0 spiro atoms. The third-order valence-corrected chi connectivity index (χ3v) is 3.22. The number of urea groups is 1. The topological polar surface area (TPSA) is 87.7 Å². The fraction of sp³-hybridized carbons (Fsp3) is 0.833. The summed E-state index contributed by atoms with van der Waals surface area (Å²) in [4.78, 5) is 22.0. The number of amides is 2. The van der Waals surface area contributed by atoms with E-state index < -0.39 is 5.97 Å². The van der Waals surface area contributed by atoms with Gasteiger partial charge in [0.15, 0.2) is 0 Å². The van der Waals surface area contributed by atoms with Gasteiger partial charge in [-0.2, -0.15) is 0 Å². The highest BCUT2D eigenvalue weighted by atomic mass is 16.5. The quantitative estimate of drug-likeness (QED) is 0.666. The van der Waals surface area contributed by atoms with Crippen molar-refractivity contribution < 1.29 is 19.4 Å². The van der Waals surface area contributed by atoms with Crippen molar-refractivity contribution in [3.05, 3.63) is 0 Å². The van der Waals surface area contributed by atoms with E-state index in [-0.39, 0.29) is 30.6 Å². The number of carbonyl (C=O) groups excluding carboxylic acids is 1. The minimum absolute atomic E-state index is 0.0661. The summed E-state index contributed by atoms with van der Waals surface area (Å²) in [5.74, 6) is -0.845. The van der Waals surface area contributed by atoms with Crippen molar-refractivity contribution >= 4 is 12.0 Å². The summed E-state index contributed by atoms with van der Waals surface area (Å²) >= 11 is 0. The second-order valence-corrected chi connectivity index (χ2v) is 4.82. The van der Waals surface area contributed by atoms with Crippen molar-refractivity contribution in [3.63, 3.8) is 0 Å². The van der Waals surface area contributed by atoms with Crippen LogP contribution < -0.4 is 10.6 Å². The Morgan fingerprint density at radius 1 is 1.44 bits per heavy atom. The van der Waals surface area contributed by atoms with E-state index in [1.165, 1.54) is 0 Å². The zero-order valence-electron chi connectivity index (χ0n) is 10.9. The van der Waals surface area contributed by atoms with Crippen LogP contribution in [-0.4, -0.2) is 42.4 Å². The van der Waals surface area contributed by atoms with Gasteiger partial charge < -0.3 is 20.5 Å². The highest BCUT2D eigenvalue weighted by molar-refractivity contribution is 5.74. The first-order chi connectivity index (χ1) is 8.51. The summed E-state index contributed by atoms with van der Waals surface area (Å²) in [6.07, 6.45) is 3.48. The number of ether oxygens (including phenoxy) is 1. The van der Waals surface area contributed by atoms with Crippen molar-refractivity contribution in [2.24, 2.45) is 0 Å². The van der Waals surface area contributed by atoms with Gasteiger partial charge in [-0.05, 0) is 32.6 Å². The first kappa shape index (κ1) is 14.8. The molecule has 6 heteroatoms. The SMILES string of the molecule is COC1CCC(NC(=O)NC(C)CCC(=O)O)C1. The average molecular weight is 258 g/mol. The van der Waals surface area contributed by atoms with Gasteiger partial charge in [0.1, 0.15) is 0 Å². The number of carboxylic acids is 1. The van der Waals surface area contributed by atoms with Crippen molar-refractivity contribution in [1.82, 2.24) is 10.6 Å². The Morgan fingerprint density at radius 2 is 2.17 bits per heavy atom. The minimum atomic E-state index is -0.845. The second-order valence-electron chi connectivity index (χ2n) is 4.82. The van der Waals surface area contributed by atoms with Crippen LogP contribution in [0.2, 0.25) is 0 Å². The van der Waals surface area contributed by atoms with Crippen LogP contribution in [0.25, 0.3) is 0 Å². The number of hydrogen-bond acceptors (Lipinski definition) is 3. The lowest BCUT2D eigenvalue weighted by atomic mass is 10.2. The normalized spacial score (nSPS) is 24.6. The van der Waals surface area contributed by atoms with E-state index in [4.69, 9.17) is 9.84 Å². The fourth-order valence-corrected chi connectivity index (χ4v) is 2.15. The Hall–Kier alpha value is -1.30. The van der Waals surface area contributed by atoms with Gasteiger partial charge in [0.05, 0.1) is 6.10 Å². The van der Waals surface area contributed by atoms with Crippen LogP contribution in [0.3, 0.4) is 0 Å². The van der Waals surface area contributed by atoms with Crippen LogP contribution in [0.5, 0.6) is 0 Å². The predicted octanol–water partition coefficient (Wildman–Crippen LogP) is 1.11. The molecule has 1 rings (SSSR count). The Bertz CT molecular complexity index is 296. The van der Waals surface area contributed by atoms with Crippen LogP contribution in [0.4, 0.5) is 4.79 Å². The molecule has 3 atom stereocenters. The number of carboxylic acid groups (broad SMARTS) is 1. The molecule has 1 aliphatic carbocycles. The monoisotopic (exact) mass is 258 g/mol. The summed E-state index contributed by atoms with van der Waals surface area (Å²) in [6.45, 7) is 1.80. The third-order valence-electron chi connectivity index (χ3n) is 3.22. The van der Waals surface area contributed by atoms with Crippen LogP contribution in [0, 0.1) is 0 Å². The second kappa shape index (κ2) is 7.20. The molecule has 0 aliphatic heterocycles. The molecule has 0 aromatic carbocycles. The van der Waals surface area contributed by atoms with Crippen molar-refractivity contribution in [1.29, 1.82) is 0 Å². The van der Waals surface area contributed by atoms with Crippen LogP contribution >= 0.6 is 0 Å². The molecule has 0 saturated heterocycles. The third kappa shape index (κ3) is 5.35. The highest BCUT2D eigenvalue weighted by Gasteiger charge is 2.25. The highest BCUT2D eigenvalue weighted by Crippen LogP contribution is 2.21. The van der Waals surface area contributed by atoms with E-state index in [0.717, 1.165) is 19.3 Å². The van der Waals surface area contributed by atoms with Gasteiger partial charge in [0, 0.05) is 25.6 Å². The maximum atomic E-state index is 11.6. The number of hydrogen-bond donors (Lipinski definition) is 3. The maximum Gasteiger partial charge on any atom is 0.315 e. The van der Waals surface area contributed by atoms with Gasteiger partial charge in [-0.1, -0.05) is 0 Å². The van der Waals surface area contributed by atoms with E-state index in [0.29, 0.717) is 6.42 Å². The molecule has 104 valence electrons. The molecule has 0 radical (unpaired) electrons. The molecule has 3 N–H and O–H groups in total. The van der Waals surface area contributed by atoms with E-state index in [1.54, 1.807) is 14.0 Å². The molecule has 0 heterocycles. The standard InChI is InChI=1S/C12H22N2O4/c1-8(3-6-11(15)16)13-12(17)14-9-4-5-10(7-9)18-2/h8-10H,3-7H2,1-2H3,(H,15,16)(H2,13,14,17). The lowest BCUT2D eigenvalue weighted by molar-refractivity contribution is -0.137. The molecule has 1 fully saturated rings. The number of rotatable bonds is 6. The van der Waals surface area contributed by atoms with Gasteiger partial charge in [-0.3, -0.25) is 4.79 Å². The molecule has 0 aromatic rings. The molecule has 3 unspecified atom stereocenters. The first-order valence-electron chi connectivity index (χ1n) is 6.33. The first-order valence-corrected chi connectivity index (χ1v) is 6.33. The number of carbonyl (C=O) groups is 2. The van der Waals surface area contributed by atoms with Crippen LogP contribution in [-0.2, 0) is 9.53 Å². The zero-order valence-corrected chi connectivity index (χ0v) is 10.9. The number of aliphatic carboxylic acids is 1. The zero-order chi connectivity index (χ0) is 13.5. The van der Waals surface area contributed by atoms with E-state index in [1.807, 2.05) is 0 Å². The van der Waals surface area contributed by atoms with Crippen molar-refractivity contribution in [2.75, 3.05) is 7.11 Å². The molecular formula is C12H22N2O4. The molecule has 1 aliphatic rings. The Balaban J connectivity index is 2.19. The summed E-state index contributed by atoms with van der Waals surface area (Å²) in [7, 11) is 1.68. The minimum Gasteiger partial charge on any atom is -0.481 e. The summed E-state index contributed by atoms with van der Waals surface area (Å²) in [5, 5.41) is 14.2. The van der Waals surface area contributed by atoms with Crippen LogP contribution in [0.1, 0.15) is 39.0 Å². The predicted molar refractivity (Wildman–Crippen MR) is 66.4 cm³/mol. The van der Waals surface area contributed by atoms with E-state index >= 15 is 0 Å². The molecule has 0 bridgehead atoms. The number of nitrogens with one attached hydrogen (secondary N) is 2. The molecule has 0 aromatic heterocycles. The maximum absolute atomic E-state index is 11.6. The largest absolute Gasteiger partial charge is 0.481 e. The number of methoxy groups -OCH3 is 1. The fourth-order valence-electron chi connectivity index (χ4n) is 2.15. The van der Waals surface area contributed by atoms with Crippen LogP contribution in [0.15, 0.2) is 0 Å². The van der Waals surface area contributed by atoms with Gasteiger partial charge in [0.25, 0.3) is 0 Å². The molecule has 2 amide bonds. The van der Waals surface area contributed by atoms with E-state index in [9.17, 15) is 9.59 Å². The van der Waals surface area contributed by atoms with Gasteiger partial charge >= 0.3 is 12.0 Å².